The number of fused-ring (bicyclic) bond motifs is 1. The predicted molar refractivity (Wildman–Crippen MR) is 125 cm³/mol. The van der Waals surface area contributed by atoms with Crippen molar-refractivity contribution in [2.24, 2.45) is 0 Å². The van der Waals surface area contributed by atoms with Crippen molar-refractivity contribution in [3.8, 4) is 0 Å². The number of benzene rings is 1. The quantitative estimate of drug-likeness (QED) is 0.521. The second-order valence-corrected chi connectivity index (χ2v) is 8.31. The number of rotatable bonds is 4. The molecule has 0 aliphatic heterocycles. The van der Waals surface area contributed by atoms with Gasteiger partial charge in [-0.1, -0.05) is 29.8 Å². The maximum absolute atomic E-state index is 13.2. The van der Waals surface area contributed by atoms with Gasteiger partial charge in [0.05, 0.1) is 22.8 Å². The molecule has 4 rings (SSSR count). The Hall–Kier alpha value is -3.18. The van der Waals surface area contributed by atoms with E-state index in [-0.39, 0.29) is 17.3 Å². The van der Waals surface area contributed by atoms with Crippen molar-refractivity contribution in [2.75, 3.05) is 5.32 Å². The molecule has 2 heterocycles. The normalized spacial score (nSPS) is 14.6. The highest BCUT2D eigenvalue weighted by Crippen LogP contribution is 2.32. The van der Waals surface area contributed by atoms with Gasteiger partial charge in [-0.2, -0.15) is 0 Å². The van der Waals surface area contributed by atoms with Crippen LogP contribution in [0.5, 0.6) is 0 Å². The maximum atomic E-state index is 13.2. The van der Waals surface area contributed by atoms with Crippen molar-refractivity contribution < 1.29 is 9.21 Å². The molecule has 3 aromatic rings. The molecule has 2 aromatic heterocycles. The van der Waals surface area contributed by atoms with Crippen molar-refractivity contribution in [1.29, 1.82) is 0 Å². The SMILES string of the molecule is Cc1cc(C(C)Nc2ccc(Cl)nc2C)c2oc(C3=CC(=O)CC=C3)c(C)c(=O)c2c1. The van der Waals surface area contributed by atoms with E-state index in [0.717, 1.165) is 22.5 Å². The van der Waals surface area contributed by atoms with Gasteiger partial charge in [-0.15, -0.1) is 0 Å². The Morgan fingerprint density at radius 2 is 1.94 bits per heavy atom. The van der Waals surface area contributed by atoms with Gasteiger partial charge in [0, 0.05) is 23.1 Å². The summed E-state index contributed by atoms with van der Waals surface area (Å²) in [7, 11) is 0. The van der Waals surface area contributed by atoms with Gasteiger partial charge in [0.1, 0.15) is 16.5 Å². The Morgan fingerprint density at radius 1 is 1.16 bits per heavy atom. The number of halogens is 1. The fourth-order valence-electron chi connectivity index (χ4n) is 3.88. The van der Waals surface area contributed by atoms with Crippen LogP contribution in [0.4, 0.5) is 5.69 Å². The maximum Gasteiger partial charge on any atom is 0.196 e. The summed E-state index contributed by atoms with van der Waals surface area (Å²) >= 11 is 5.98. The van der Waals surface area contributed by atoms with Crippen LogP contribution >= 0.6 is 11.6 Å². The van der Waals surface area contributed by atoms with Gasteiger partial charge in [-0.05, 0) is 57.5 Å². The number of allylic oxidation sites excluding steroid dienone is 4. The zero-order chi connectivity index (χ0) is 22.3. The van der Waals surface area contributed by atoms with Crippen LogP contribution in [-0.2, 0) is 4.79 Å². The van der Waals surface area contributed by atoms with Crippen LogP contribution in [0, 0.1) is 20.8 Å². The zero-order valence-electron chi connectivity index (χ0n) is 17.9. The summed E-state index contributed by atoms with van der Waals surface area (Å²) in [6, 6.07) is 7.31. The van der Waals surface area contributed by atoms with E-state index in [9.17, 15) is 9.59 Å². The minimum absolute atomic E-state index is 0.00970. The van der Waals surface area contributed by atoms with Gasteiger partial charge >= 0.3 is 0 Å². The van der Waals surface area contributed by atoms with Crippen LogP contribution in [0.15, 0.2) is 51.7 Å². The first-order valence-electron chi connectivity index (χ1n) is 10.1. The summed E-state index contributed by atoms with van der Waals surface area (Å²) in [5.41, 5.74) is 5.00. The second-order valence-electron chi connectivity index (χ2n) is 7.92. The van der Waals surface area contributed by atoms with Crippen molar-refractivity contribution in [1.82, 2.24) is 4.98 Å². The largest absolute Gasteiger partial charge is 0.455 e. The number of aryl methyl sites for hydroxylation is 2. The summed E-state index contributed by atoms with van der Waals surface area (Å²) in [4.78, 5) is 29.4. The monoisotopic (exact) mass is 434 g/mol. The number of nitrogens with one attached hydrogen (secondary N) is 1. The van der Waals surface area contributed by atoms with Gasteiger partial charge in [0.2, 0.25) is 0 Å². The molecular formula is C25H23ClN2O3. The van der Waals surface area contributed by atoms with E-state index < -0.39 is 0 Å². The number of hydrogen-bond donors (Lipinski definition) is 1. The molecular weight excluding hydrogens is 412 g/mol. The minimum Gasteiger partial charge on any atom is -0.455 e. The molecule has 0 amide bonds. The van der Waals surface area contributed by atoms with Gasteiger partial charge in [-0.3, -0.25) is 9.59 Å². The lowest BCUT2D eigenvalue weighted by Crippen LogP contribution is -2.14. The Kier molecular flexibility index (Phi) is 5.54. The average Bonchev–Trinajstić information content (AvgIpc) is 2.72. The van der Waals surface area contributed by atoms with Crippen LogP contribution in [0.25, 0.3) is 16.5 Å². The Labute approximate surface area is 185 Å². The fourth-order valence-corrected chi connectivity index (χ4v) is 4.07. The fraction of sp³-hybridized carbons (Fsp3) is 0.240. The van der Waals surface area contributed by atoms with Gasteiger partial charge in [-0.25, -0.2) is 4.98 Å². The topological polar surface area (TPSA) is 72.2 Å². The van der Waals surface area contributed by atoms with Crippen LogP contribution in [-0.4, -0.2) is 10.8 Å². The predicted octanol–water partition coefficient (Wildman–Crippen LogP) is 5.85. The first-order valence-corrected chi connectivity index (χ1v) is 10.5. The summed E-state index contributed by atoms with van der Waals surface area (Å²) < 4.78 is 6.31. The van der Waals surface area contributed by atoms with Crippen LogP contribution in [0.3, 0.4) is 0 Å². The molecule has 1 aromatic carbocycles. The van der Waals surface area contributed by atoms with E-state index >= 15 is 0 Å². The van der Waals surface area contributed by atoms with Gasteiger partial charge in [0.25, 0.3) is 0 Å². The first kappa shape index (κ1) is 21.1. The molecule has 0 saturated carbocycles. The van der Waals surface area contributed by atoms with E-state index in [1.165, 1.54) is 6.08 Å². The molecule has 31 heavy (non-hydrogen) atoms. The van der Waals surface area contributed by atoms with Gasteiger partial charge < -0.3 is 9.73 Å². The third-order valence-electron chi connectivity index (χ3n) is 5.48. The summed E-state index contributed by atoms with van der Waals surface area (Å²) in [6.07, 6.45) is 5.52. The lowest BCUT2D eigenvalue weighted by Gasteiger charge is -2.20. The number of pyridine rings is 1. The highest BCUT2D eigenvalue weighted by Gasteiger charge is 2.20. The van der Waals surface area contributed by atoms with E-state index in [4.69, 9.17) is 16.0 Å². The smallest absolute Gasteiger partial charge is 0.196 e. The number of carbonyl (C=O) groups is 1. The van der Waals surface area contributed by atoms with Crippen molar-refractivity contribution >= 4 is 39.6 Å². The molecule has 1 aliphatic carbocycles. The molecule has 0 fully saturated rings. The number of hydrogen-bond acceptors (Lipinski definition) is 5. The average molecular weight is 435 g/mol. The molecule has 158 valence electrons. The van der Waals surface area contributed by atoms with E-state index in [0.29, 0.717) is 39.4 Å². The number of ketones is 1. The molecule has 1 N–H and O–H groups in total. The molecule has 5 nitrogen and oxygen atoms in total. The summed E-state index contributed by atoms with van der Waals surface area (Å²) in [6.45, 7) is 7.58. The second kappa shape index (κ2) is 8.16. The molecule has 0 spiro atoms. The van der Waals surface area contributed by atoms with Crippen LogP contribution in [0.2, 0.25) is 5.15 Å². The molecule has 1 aliphatic rings. The summed E-state index contributed by atoms with van der Waals surface area (Å²) in [5, 5.41) is 4.41. The Bertz CT molecular complexity index is 1330. The van der Waals surface area contributed by atoms with Gasteiger partial charge in [0.15, 0.2) is 11.2 Å². The number of anilines is 1. The highest BCUT2D eigenvalue weighted by atomic mass is 35.5. The van der Waals surface area contributed by atoms with E-state index in [1.807, 2.05) is 45.0 Å². The van der Waals surface area contributed by atoms with E-state index in [2.05, 4.69) is 10.3 Å². The molecule has 1 atom stereocenters. The molecule has 6 heteroatoms. The number of carbonyl (C=O) groups excluding carboxylic acids is 1. The standard InChI is InChI=1S/C25H23ClN2O3/c1-13-10-19(15(3)27-21-8-9-22(26)28-16(21)4)25-20(11-13)23(30)14(2)24(31-25)17-6-5-7-18(29)12-17/h5-6,8-12,15,27H,7H2,1-4H3. The molecule has 1 unspecified atom stereocenters. The summed E-state index contributed by atoms with van der Waals surface area (Å²) in [5.74, 6) is 0.424. The van der Waals surface area contributed by atoms with Crippen molar-refractivity contribution in [2.45, 2.75) is 40.2 Å². The third-order valence-corrected chi connectivity index (χ3v) is 5.69. The number of aromatic nitrogens is 1. The third kappa shape index (κ3) is 4.06. The lowest BCUT2D eigenvalue weighted by atomic mass is 9.97. The van der Waals surface area contributed by atoms with Crippen molar-refractivity contribution in [3.05, 3.63) is 86.0 Å². The van der Waals surface area contributed by atoms with Crippen molar-refractivity contribution in [3.63, 3.8) is 0 Å². The minimum atomic E-state index is -0.166. The zero-order valence-corrected chi connectivity index (χ0v) is 18.6. The highest BCUT2D eigenvalue weighted by molar-refractivity contribution is 6.29. The van der Waals surface area contributed by atoms with E-state index in [1.54, 1.807) is 19.1 Å². The van der Waals surface area contributed by atoms with Crippen LogP contribution in [0.1, 0.15) is 47.5 Å². The molecule has 0 radical (unpaired) electrons. The van der Waals surface area contributed by atoms with Crippen LogP contribution < -0.4 is 10.7 Å². The Balaban J connectivity index is 1.88. The Morgan fingerprint density at radius 3 is 2.65 bits per heavy atom. The lowest BCUT2D eigenvalue weighted by molar-refractivity contribution is -0.113. The molecule has 0 bridgehead atoms. The number of nitrogens with zero attached hydrogens (tertiary/aromatic N) is 1. The first-order chi connectivity index (χ1) is 14.7. The molecule has 0 saturated heterocycles.